The second-order valence-electron chi connectivity index (χ2n) is 5.15. The van der Waals surface area contributed by atoms with Crippen LogP contribution in [0.4, 0.5) is 0 Å². The van der Waals surface area contributed by atoms with Gasteiger partial charge in [0.05, 0.1) is 0 Å². The van der Waals surface area contributed by atoms with Crippen LogP contribution in [-0.4, -0.2) is 16.7 Å². The lowest BCUT2D eigenvalue weighted by atomic mass is 9.74. The molecule has 0 aromatic heterocycles. The average Bonchev–Trinajstić information content (AvgIpc) is 2.25. The molecule has 17 heavy (non-hydrogen) atoms. The highest BCUT2D eigenvalue weighted by molar-refractivity contribution is 5.79. The van der Waals surface area contributed by atoms with Crippen LogP contribution < -0.4 is 4.74 Å². The number of para-hydroxylation sites is 1. The van der Waals surface area contributed by atoms with E-state index in [-0.39, 0.29) is 0 Å². The fourth-order valence-electron chi connectivity index (χ4n) is 1.96. The van der Waals surface area contributed by atoms with Crippen LogP contribution in [0.25, 0.3) is 0 Å². The quantitative estimate of drug-likeness (QED) is 0.872. The van der Waals surface area contributed by atoms with Gasteiger partial charge >= 0.3 is 5.97 Å². The molecule has 0 amide bonds. The van der Waals surface area contributed by atoms with Crippen LogP contribution in [0.2, 0.25) is 0 Å². The predicted octanol–water partition coefficient (Wildman–Crippen LogP) is 3.34. The minimum Gasteiger partial charge on any atom is -0.478 e. The highest BCUT2D eigenvalue weighted by atomic mass is 16.5. The summed E-state index contributed by atoms with van der Waals surface area (Å²) in [7, 11) is 0. The highest BCUT2D eigenvalue weighted by Gasteiger charge is 2.50. The summed E-state index contributed by atoms with van der Waals surface area (Å²) in [5.74, 6) is -0.331. The third-order valence-corrected chi connectivity index (χ3v) is 3.09. The van der Waals surface area contributed by atoms with Gasteiger partial charge in [-0.05, 0) is 18.6 Å². The van der Waals surface area contributed by atoms with Crippen molar-refractivity contribution < 1.29 is 14.6 Å². The molecule has 1 N–H and O–H groups in total. The number of carboxylic acid groups (broad SMARTS) is 1. The predicted molar refractivity (Wildman–Crippen MR) is 67.2 cm³/mol. The van der Waals surface area contributed by atoms with E-state index in [0.717, 1.165) is 0 Å². The highest BCUT2D eigenvalue weighted by Crippen LogP contribution is 2.37. The lowest BCUT2D eigenvalue weighted by Gasteiger charge is -2.40. The first-order valence-corrected chi connectivity index (χ1v) is 5.81. The Morgan fingerprint density at radius 3 is 2.12 bits per heavy atom. The smallest absolute Gasteiger partial charge is 0.348 e. The molecule has 0 aliphatic carbocycles. The monoisotopic (exact) mass is 236 g/mol. The minimum absolute atomic E-state index is 0.417. The van der Waals surface area contributed by atoms with E-state index >= 15 is 0 Å². The van der Waals surface area contributed by atoms with E-state index in [1.54, 1.807) is 12.1 Å². The van der Waals surface area contributed by atoms with E-state index < -0.39 is 17.0 Å². The molecular formula is C14H20O3. The zero-order chi connectivity index (χ0) is 13.1. The molecule has 0 saturated carbocycles. The molecule has 1 atom stereocenters. The summed E-state index contributed by atoms with van der Waals surface area (Å²) >= 11 is 0. The molecule has 0 aliphatic rings. The summed E-state index contributed by atoms with van der Waals surface area (Å²) in [6.45, 7) is 7.48. The first-order chi connectivity index (χ1) is 7.83. The van der Waals surface area contributed by atoms with Crippen molar-refractivity contribution in [2.75, 3.05) is 0 Å². The molecule has 3 heteroatoms. The van der Waals surface area contributed by atoms with Gasteiger partial charge in [-0.2, -0.15) is 0 Å². The van der Waals surface area contributed by atoms with Gasteiger partial charge < -0.3 is 9.84 Å². The summed E-state index contributed by atoms with van der Waals surface area (Å²) in [5.41, 5.74) is -1.68. The molecule has 1 aromatic rings. The van der Waals surface area contributed by atoms with Crippen molar-refractivity contribution >= 4 is 5.97 Å². The first kappa shape index (κ1) is 13.6. The third kappa shape index (κ3) is 2.60. The number of carboxylic acids is 1. The molecule has 3 nitrogen and oxygen atoms in total. The van der Waals surface area contributed by atoms with Gasteiger partial charge in [0.25, 0.3) is 0 Å². The second-order valence-corrected chi connectivity index (χ2v) is 5.15. The summed E-state index contributed by atoms with van der Waals surface area (Å²) in [5, 5.41) is 9.50. The van der Waals surface area contributed by atoms with E-state index in [0.29, 0.717) is 12.2 Å². The Bertz CT molecular complexity index is 378. The minimum atomic E-state index is -1.20. The standard InChI is InChI=1S/C14H20O3/c1-5-14(12(15)16,13(2,3)4)17-11-9-7-6-8-10-11/h6-10H,5H2,1-4H3,(H,15,16). The van der Waals surface area contributed by atoms with E-state index in [4.69, 9.17) is 4.74 Å². The number of rotatable bonds is 4. The van der Waals surface area contributed by atoms with E-state index in [1.165, 1.54) is 0 Å². The fourth-order valence-corrected chi connectivity index (χ4v) is 1.96. The number of aliphatic carboxylic acids is 1. The molecule has 0 aliphatic heterocycles. The average molecular weight is 236 g/mol. The maximum atomic E-state index is 11.6. The van der Waals surface area contributed by atoms with E-state index in [2.05, 4.69) is 0 Å². The van der Waals surface area contributed by atoms with Crippen molar-refractivity contribution in [2.24, 2.45) is 5.41 Å². The zero-order valence-corrected chi connectivity index (χ0v) is 10.9. The Balaban J connectivity index is 3.13. The lowest BCUT2D eigenvalue weighted by molar-refractivity contribution is -0.166. The number of hydrogen-bond donors (Lipinski definition) is 1. The van der Waals surface area contributed by atoms with Crippen LogP contribution in [0.3, 0.4) is 0 Å². The molecule has 0 saturated heterocycles. The molecule has 0 heterocycles. The summed E-state index contributed by atoms with van der Waals surface area (Å²) in [6, 6.07) is 9.09. The van der Waals surface area contributed by atoms with Crippen LogP contribution in [0.5, 0.6) is 5.75 Å². The van der Waals surface area contributed by atoms with Gasteiger partial charge in [-0.3, -0.25) is 0 Å². The number of benzene rings is 1. The Morgan fingerprint density at radius 2 is 1.76 bits per heavy atom. The van der Waals surface area contributed by atoms with E-state index in [1.807, 2.05) is 45.9 Å². The van der Waals surface area contributed by atoms with Gasteiger partial charge in [0, 0.05) is 5.41 Å². The maximum absolute atomic E-state index is 11.6. The maximum Gasteiger partial charge on any atom is 0.348 e. The summed E-state index contributed by atoms with van der Waals surface area (Å²) in [4.78, 5) is 11.6. The lowest BCUT2D eigenvalue weighted by Crippen LogP contribution is -2.54. The van der Waals surface area contributed by atoms with Crippen LogP contribution in [0.15, 0.2) is 30.3 Å². The fraction of sp³-hybridized carbons (Fsp3) is 0.500. The van der Waals surface area contributed by atoms with Gasteiger partial charge in [0.15, 0.2) is 0 Å². The number of ether oxygens (including phenoxy) is 1. The van der Waals surface area contributed by atoms with Crippen LogP contribution in [0.1, 0.15) is 34.1 Å². The Kier molecular flexibility index (Phi) is 3.81. The SMILES string of the molecule is CCC(Oc1ccccc1)(C(=O)O)C(C)(C)C. The van der Waals surface area contributed by atoms with Crippen molar-refractivity contribution in [2.45, 2.75) is 39.7 Å². The Labute approximate surface area is 102 Å². The molecule has 94 valence electrons. The largest absolute Gasteiger partial charge is 0.478 e. The van der Waals surface area contributed by atoms with E-state index in [9.17, 15) is 9.90 Å². The molecular weight excluding hydrogens is 216 g/mol. The Morgan fingerprint density at radius 1 is 1.24 bits per heavy atom. The van der Waals surface area contributed by atoms with Crippen LogP contribution >= 0.6 is 0 Å². The van der Waals surface area contributed by atoms with Crippen molar-refractivity contribution in [3.05, 3.63) is 30.3 Å². The molecule has 0 bridgehead atoms. The van der Waals surface area contributed by atoms with Gasteiger partial charge in [0.2, 0.25) is 5.60 Å². The summed E-state index contributed by atoms with van der Waals surface area (Å²) in [6.07, 6.45) is 0.417. The first-order valence-electron chi connectivity index (χ1n) is 5.81. The second kappa shape index (κ2) is 4.78. The molecule has 1 rings (SSSR count). The molecule has 0 fully saturated rings. The number of carbonyl (C=O) groups is 1. The topological polar surface area (TPSA) is 46.5 Å². The molecule has 0 radical (unpaired) electrons. The van der Waals surface area contributed by atoms with Crippen LogP contribution in [0, 0.1) is 5.41 Å². The van der Waals surface area contributed by atoms with Crippen molar-refractivity contribution in [1.29, 1.82) is 0 Å². The Hall–Kier alpha value is -1.51. The van der Waals surface area contributed by atoms with Gasteiger partial charge in [0.1, 0.15) is 5.75 Å². The number of hydrogen-bond acceptors (Lipinski definition) is 2. The molecule has 1 unspecified atom stereocenters. The van der Waals surface area contributed by atoms with Crippen molar-refractivity contribution in [3.63, 3.8) is 0 Å². The van der Waals surface area contributed by atoms with Gasteiger partial charge in [-0.15, -0.1) is 0 Å². The third-order valence-electron chi connectivity index (χ3n) is 3.09. The van der Waals surface area contributed by atoms with Crippen molar-refractivity contribution in [3.8, 4) is 5.75 Å². The molecule has 0 spiro atoms. The van der Waals surface area contributed by atoms with Gasteiger partial charge in [-0.1, -0.05) is 45.9 Å². The van der Waals surface area contributed by atoms with Gasteiger partial charge in [-0.25, -0.2) is 4.79 Å². The van der Waals surface area contributed by atoms with Crippen molar-refractivity contribution in [1.82, 2.24) is 0 Å². The normalized spacial score (nSPS) is 15.1. The molecule has 1 aromatic carbocycles. The van der Waals surface area contributed by atoms with Crippen LogP contribution in [-0.2, 0) is 4.79 Å². The zero-order valence-electron chi connectivity index (χ0n) is 10.9. The summed E-state index contributed by atoms with van der Waals surface area (Å²) < 4.78 is 5.78.